The molecule has 1 radical (unpaired) electrons. The summed E-state index contributed by atoms with van der Waals surface area (Å²) in [5.74, 6) is -0.509. The second-order valence-electron chi connectivity index (χ2n) is 0.969. The molecule has 1 aromatic rings. The third-order valence-electron chi connectivity index (χ3n) is 0.497. The first-order valence-corrected chi connectivity index (χ1v) is 1.68. The van der Waals surface area contributed by atoms with E-state index >= 15 is 0 Å². The summed E-state index contributed by atoms with van der Waals surface area (Å²) in [5.41, 5.74) is 0. The van der Waals surface area contributed by atoms with E-state index in [0.717, 1.165) is 0 Å². The van der Waals surface area contributed by atoms with Crippen molar-refractivity contribution in [2.24, 2.45) is 0 Å². The van der Waals surface area contributed by atoms with Crippen LogP contribution in [0.2, 0.25) is 0 Å². The molecular weight excluding hydrogens is 173 g/mol. The molecule has 0 aliphatic rings. The van der Waals surface area contributed by atoms with Gasteiger partial charge in [0.2, 0.25) is 0 Å². The van der Waals surface area contributed by atoms with Gasteiger partial charge in [0, 0.05) is 27.1 Å². The molecule has 0 aliphatic heterocycles. The van der Waals surface area contributed by atoms with E-state index in [-0.39, 0.29) is 16.8 Å². The number of nitrogens with one attached hydrogen (secondary N) is 1. The van der Waals surface area contributed by atoms with Crippen LogP contribution in [0.5, 0.6) is 0 Å². The quantitative estimate of drug-likeness (QED) is 0.439. The molecule has 1 rings (SSSR count). The van der Waals surface area contributed by atoms with Crippen LogP contribution in [-0.4, -0.2) is 25.5 Å². The Balaban J connectivity index is 0.000000640. The molecule has 1 heterocycles. The smallest absolute Gasteiger partial charge is 0.390 e. The molecule has 8 heteroatoms. The van der Waals surface area contributed by atoms with E-state index in [0.29, 0.717) is 0 Å². The van der Waals surface area contributed by atoms with Crippen molar-refractivity contribution in [3.05, 3.63) is 10.1 Å². The summed E-state index contributed by atoms with van der Waals surface area (Å²) in [4.78, 5) is 8.95. The van der Waals surface area contributed by atoms with Crippen molar-refractivity contribution < 1.29 is 21.7 Å². The van der Waals surface area contributed by atoms with E-state index in [1.165, 1.54) is 0 Å². The molecule has 51 valence electrons. The maximum Gasteiger partial charge on any atom is 0.514 e. The first kappa shape index (κ1) is 7.98. The molecule has 0 saturated carbocycles. The minimum Gasteiger partial charge on any atom is -0.390 e. The van der Waals surface area contributed by atoms with Crippen molar-refractivity contribution in [3.8, 4) is 0 Å². The van der Waals surface area contributed by atoms with E-state index in [1.807, 2.05) is 5.21 Å². The number of hydrogen-bond donors (Lipinski definition) is 1. The molecule has 0 saturated heterocycles. The van der Waals surface area contributed by atoms with Gasteiger partial charge in [0.15, 0.2) is 0 Å². The Hall–Kier alpha value is -1.02. The van der Waals surface area contributed by atoms with E-state index in [4.69, 9.17) is 0 Å². The summed E-state index contributed by atoms with van der Waals surface area (Å²) in [6.07, 6.45) is 0. The molecule has 0 amide bonds. The maximum absolute atomic E-state index is 9.68. The Labute approximate surface area is 59.2 Å². The van der Waals surface area contributed by atoms with E-state index in [2.05, 4.69) is 15.4 Å². The molecule has 9 heavy (non-hydrogen) atoms. The summed E-state index contributed by atoms with van der Waals surface area (Å²) in [6.45, 7) is 0. The average Bonchev–Trinajstić information content (AvgIpc) is 2.12. The first-order valence-electron chi connectivity index (χ1n) is 1.68. The van der Waals surface area contributed by atoms with Gasteiger partial charge in [-0.1, -0.05) is 5.21 Å². The third kappa shape index (κ3) is 1.74. The normalized spacial score (nSPS) is 8.00. The summed E-state index contributed by atoms with van der Waals surface area (Å²) < 4.78 is 0. The predicted molar refractivity (Wildman–Crippen MR) is 20.8 cm³/mol. The average molecular weight is 174 g/mol. The Morgan fingerprint density at radius 1 is 1.67 bits per heavy atom. The zero-order valence-electron chi connectivity index (χ0n) is 3.94. The van der Waals surface area contributed by atoms with Crippen LogP contribution in [-0.2, 0) is 16.8 Å². The minimum atomic E-state index is -0.733. The molecule has 1 aromatic heterocycles. The summed E-state index contributed by atoms with van der Waals surface area (Å²) in [6, 6.07) is 0. The first-order chi connectivity index (χ1) is 3.80. The number of aromatic amines is 1. The SMILES string of the molecule is O=[N+]([O-])c1nn[nH]n1.[Co]. The van der Waals surface area contributed by atoms with Gasteiger partial charge >= 0.3 is 5.95 Å². The zero-order chi connectivity index (χ0) is 5.98. The Kier molecular flexibility index (Phi) is 2.74. The van der Waals surface area contributed by atoms with Gasteiger partial charge < -0.3 is 10.1 Å². The van der Waals surface area contributed by atoms with Gasteiger partial charge in [0.05, 0.1) is 5.10 Å². The van der Waals surface area contributed by atoms with Crippen molar-refractivity contribution in [3.63, 3.8) is 0 Å². The number of tetrazole rings is 1. The predicted octanol–water partition coefficient (Wildman–Crippen LogP) is -0.895. The van der Waals surface area contributed by atoms with Gasteiger partial charge in [-0.25, -0.2) is 0 Å². The van der Waals surface area contributed by atoms with Crippen molar-refractivity contribution in [2.45, 2.75) is 0 Å². The van der Waals surface area contributed by atoms with E-state index in [1.54, 1.807) is 0 Å². The van der Waals surface area contributed by atoms with Gasteiger partial charge in [0.25, 0.3) is 0 Å². The molecule has 0 unspecified atom stereocenters. The number of rotatable bonds is 1. The van der Waals surface area contributed by atoms with Crippen molar-refractivity contribution in [2.75, 3.05) is 0 Å². The van der Waals surface area contributed by atoms with Crippen LogP contribution in [0.4, 0.5) is 5.95 Å². The molecular formula is CHCoN5O2. The number of aromatic nitrogens is 4. The molecule has 7 nitrogen and oxygen atoms in total. The van der Waals surface area contributed by atoms with Crippen LogP contribution in [0.1, 0.15) is 0 Å². The molecule has 0 spiro atoms. The molecule has 0 fully saturated rings. The number of nitro groups is 1. The topological polar surface area (TPSA) is 97.6 Å². The largest absolute Gasteiger partial charge is 0.514 e. The van der Waals surface area contributed by atoms with Gasteiger partial charge in [-0.3, -0.25) is 0 Å². The number of nitrogens with zero attached hydrogens (tertiary/aromatic N) is 4. The van der Waals surface area contributed by atoms with Crippen molar-refractivity contribution >= 4 is 5.95 Å². The van der Waals surface area contributed by atoms with Crippen LogP contribution in [0.3, 0.4) is 0 Å². The second kappa shape index (κ2) is 3.09. The monoisotopic (exact) mass is 174 g/mol. The standard InChI is InChI=1S/CHN5O2.Co/c7-6(8)1-2-4-5-3-1;/h(H,2,3,4,5);. The number of H-pyrrole nitrogens is 1. The van der Waals surface area contributed by atoms with Crippen LogP contribution in [0, 0.1) is 10.1 Å². The van der Waals surface area contributed by atoms with E-state index < -0.39 is 10.9 Å². The summed E-state index contributed by atoms with van der Waals surface area (Å²) in [7, 11) is 0. The maximum atomic E-state index is 9.68. The van der Waals surface area contributed by atoms with Crippen LogP contribution < -0.4 is 0 Å². The van der Waals surface area contributed by atoms with Gasteiger partial charge in [0.1, 0.15) is 0 Å². The Bertz CT molecular complexity index is 183. The molecule has 0 aromatic carbocycles. The number of hydrogen-bond acceptors (Lipinski definition) is 5. The van der Waals surface area contributed by atoms with Gasteiger partial charge in [-0.15, -0.1) is 0 Å². The van der Waals surface area contributed by atoms with Crippen molar-refractivity contribution in [1.29, 1.82) is 0 Å². The van der Waals surface area contributed by atoms with Crippen LogP contribution in [0.25, 0.3) is 0 Å². The zero-order valence-corrected chi connectivity index (χ0v) is 4.98. The summed E-state index contributed by atoms with van der Waals surface area (Å²) >= 11 is 0. The molecule has 0 bridgehead atoms. The molecule has 0 atom stereocenters. The van der Waals surface area contributed by atoms with Gasteiger partial charge in [-0.2, -0.15) is 0 Å². The Morgan fingerprint density at radius 2 is 2.33 bits per heavy atom. The summed E-state index contributed by atoms with van der Waals surface area (Å²) in [5, 5.41) is 20.7. The van der Waals surface area contributed by atoms with Crippen LogP contribution in [0.15, 0.2) is 0 Å². The van der Waals surface area contributed by atoms with E-state index in [9.17, 15) is 10.1 Å². The van der Waals surface area contributed by atoms with Gasteiger partial charge in [-0.05, 0) is 4.92 Å². The Morgan fingerprint density at radius 3 is 2.56 bits per heavy atom. The van der Waals surface area contributed by atoms with Crippen molar-refractivity contribution in [1.82, 2.24) is 20.6 Å². The van der Waals surface area contributed by atoms with Crippen LogP contribution >= 0.6 is 0 Å². The fourth-order valence-corrected chi connectivity index (χ4v) is 0.234. The fourth-order valence-electron chi connectivity index (χ4n) is 0.234. The minimum absolute atomic E-state index is 0. The second-order valence-corrected chi connectivity index (χ2v) is 0.969. The molecule has 1 N–H and O–H groups in total. The fraction of sp³-hybridized carbons (Fsp3) is 0. The third-order valence-corrected chi connectivity index (χ3v) is 0.497. The molecule has 0 aliphatic carbocycles.